The molecule has 0 atom stereocenters. The molecule has 1 aromatic carbocycles. The number of rotatable bonds is 12. The molecule has 6 heteroatoms. The van der Waals surface area contributed by atoms with E-state index >= 15 is 0 Å². The molecule has 0 fully saturated rings. The second-order valence-electron chi connectivity index (χ2n) is 6.62. The molecule has 0 radical (unpaired) electrons. The summed E-state index contributed by atoms with van der Waals surface area (Å²) >= 11 is 0. The third kappa shape index (κ3) is 8.15. The van der Waals surface area contributed by atoms with E-state index in [9.17, 15) is 4.79 Å². The minimum atomic E-state index is -0.448. The molecule has 0 aliphatic heterocycles. The number of methoxy groups -OCH3 is 3. The van der Waals surface area contributed by atoms with Gasteiger partial charge in [-0.25, -0.2) is 4.79 Å². The SMILES string of the molecule is COCOc1cc(OCOC)c(C/C=C(\C)CCC=C(C)C)c(C(=O)OC)c1. The first-order valence-corrected chi connectivity index (χ1v) is 9.20. The third-order valence-electron chi connectivity index (χ3n) is 4.01. The van der Waals surface area contributed by atoms with Gasteiger partial charge >= 0.3 is 5.97 Å². The van der Waals surface area contributed by atoms with Gasteiger partial charge in [0.2, 0.25) is 0 Å². The molecule has 0 N–H and O–H groups in total. The fourth-order valence-electron chi connectivity index (χ4n) is 2.55. The van der Waals surface area contributed by atoms with Crippen molar-refractivity contribution in [3.05, 3.63) is 46.6 Å². The minimum absolute atomic E-state index is 0.0601. The van der Waals surface area contributed by atoms with E-state index in [1.807, 2.05) is 0 Å². The predicted octanol–water partition coefficient (Wildman–Crippen LogP) is 4.67. The van der Waals surface area contributed by atoms with Gasteiger partial charge in [-0.1, -0.05) is 23.3 Å². The summed E-state index contributed by atoms with van der Waals surface area (Å²) in [5.41, 5.74) is 3.68. The lowest BCUT2D eigenvalue weighted by Gasteiger charge is -2.16. The van der Waals surface area contributed by atoms with Crippen molar-refractivity contribution in [2.75, 3.05) is 34.9 Å². The normalized spacial score (nSPS) is 11.1. The number of carbonyl (C=O) groups is 1. The van der Waals surface area contributed by atoms with E-state index in [0.717, 1.165) is 18.4 Å². The van der Waals surface area contributed by atoms with Gasteiger partial charge in [-0.15, -0.1) is 0 Å². The van der Waals surface area contributed by atoms with Crippen LogP contribution in [0, 0.1) is 0 Å². The van der Waals surface area contributed by atoms with Gasteiger partial charge in [-0.05, 0) is 46.1 Å². The summed E-state index contributed by atoms with van der Waals surface area (Å²) in [6.07, 6.45) is 6.81. The molecular formula is C22H32O6. The number of allylic oxidation sites excluding steroid dienone is 4. The highest BCUT2D eigenvalue weighted by molar-refractivity contribution is 5.92. The van der Waals surface area contributed by atoms with Crippen LogP contribution >= 0.6 is 0 Å². The molecule has 0 heterocycles. The Hall–Kier alpha value is -2.31. The molecule has 1 aromatic rings. The Bertz CT molecular complexity index is 687. The fourth-order valence-corrected chi connectivity index (χ4v) is 2.55. The first-order chi connectivity index (χ1) is 13.4. The van der Waals surface area contributed by atoms with Crippen LogP contribution in [0.3, 0.4) is 0 Å². The zero-order chi connectivity index (χ0) is 20.9. The Labute approximate surface area is 168 Å². The Kier molecular flexibility index (Phi) is 11.0. The van der Waals surface area contributed by atoms with Crippen LogP contribution in [0.5, 0.6) is 11.5 Å². The molecule has 0 spiro atoms. The van der Waals surface area contributed by atoms with Crippen molar-refractivity contribution in [3.8, 4) is 11.5 Å². The van der Waals surface area contributed by atoms with Gasteiger partial charge < -0.3 is 23.7 Å². The van der Waals surface area contributed by atoms with Gasteiger partial charge in [0.25, 0.3) is 0 Å². The molecule has 6 nitrogen and oxygen atoms in total. The Morgan fingerprint density at radius 3 is 2.25 bits per heavy atom. The zero-order valence-electron chi connectivity index (χ0n) is 17.8. The molecule has 0 aliphatic rings. The lowest BCUT2D eigenvalue weighted by molar-refractivity contribution is 0.0446. The summed E-state index contributed by atoms with van der Waals surface area (Å²) in [6, 6.07) is 3.37. The molecular weight excluding hydrogens is 360 g/mol. The van der Waals surface area contributed by atoms with Crippen LogP contribution in [-0.2, 0) is 20.6 Å². The van der Waals surface area contributed by atoms with E-state index in [0.29, 0.717) is 23.5 Å². The lowest BCUT2D eigenvalue weighted by Crippen LogP contribution is -2.11. The number of ether oxygens (including phenoxy) is 5. The van der Waals surface area contributed by atoms with Gasteiger partial charge in [0.1, 0.15) is 11.5 Å². The minimum Gasteiger partial charge on any atom is -0.467 e. The zero-order valence-corrected chi connectivity index (χ0v) is 17.8. The highest BCUT2D eigenvalue weighted by Crippen LogP contribution is 2.31. The number of esters is 1. The highest BCUT2D eigenvalue weighted by Gasteiger charge is 2.19. The van der Waals surface area contributed by atoms with Crippen LogP contribution in [0.15, 0.2) is 35.4 Å². The first kappa shape index (κ1) is 23.7. The van der Waals surface area contributed by atoms with Crippen molar-refractivity contribution in [3.63, 3.8) is 0 Å². The van der Waals surface area contributed by atoms with Crippen molar-refractivity contribution < 1.29 is 28.5 Å². The summed E-state index contributed by atoms with van der Waals surface area (Å²) in [5.74, 6) is 0.529. The maximum absolute atomic E-state index is 12.4. The van der Waals surface area contributed by atoms with Gasteiger partial charge in [-0.2, -0.15) is 0 Å². The monoisotopic (exact) mass is 392 g/mol. The van der Waals surface area contributed by atoms with Crippen LogP contribution in [0.2, 0.25) is 0 Å². The van der Waals surface area contributed by atoms with Gasteiger partial charge in [0.05, 0.1) is 12.7 Å². The fraction of sp³-hybridized carbons (Fsp3) is 0.500. The summed E-state index contributed by atoms with van der Waals surface area (Å²) in [6.45, 7) is 6.39. The van der Waals surface area contributed by atoms with E-state index < -0.39 is 5.97 Å². The van der Waals surface area contributed by atoms with Gasteiger partial charge in [0.15, 0.2) is 13.6 Å². The predicted molar refractivity (Wildman–Crippen MR) is 109 cm³/mol. The van der Waals surface area contributed by atoms with E-state index in [4.69, 9.17) is 23.7 Å². The van der Waals surface area contributed by atoms with Crippen molar-refractivity contribution in [1.82, 2.24) is 0 Å². The van der Waals surface area contributed by atoms with Crippen LogP contribution in [0.1, 0.15) is 49.5 Å². The Morgan fingerprint density at radius 2 is 1.64 bits per heavy atom. The van der Waals surface area contributed by atoms with Crippen LogP contribution in [0.25, 0.3) is 0 Å². The van der Waals surface area contributed by atoms with Gasteiger partial charge in [0, 0.05) is 25.8 Å². The first-order valence-electron chi connectivity index (χ1n) is 9.20. The van der Waals surface area contributed by atoms with Crippen LogP contribution < -0.4 is 9.47 Å². The van der Waals surface area contributed by atoms with E-state index in [-0.39, 0.29) is 13.6 Å². The maximum Gasteiger partial charge on any atom is 0.338 e. The molecule has 0 unspecified atom stereocenters. The Morgan fingerprint density at radius 1 is 0.964 bits per heavy atom. The molecule has 0 saturated heterocycles. The molecule has 0 bridgehead atoms. The second kappa shape index (κ2) is 13.0. The summed E-state index contributed by atoms with van der Waals surface area (Å²) in [5, 5.41) is 0. The van der Waals surface area contributed by atoms with Crippen molar-refractivity contribution in [1.29, 1.82) is 0 Å². The largest absolute Gasteiger partial charge is 0.467 e. The standard InChI is InChI=1S/C22H32O6/c1-16(2)8-7-9-17(3)10-11-19-20(22(23)26-6)12-18(27-14-24-4)13-21(19)28-15-25-5/h8,10,12-13H,7,9,11,14-15H2,1-6H3/b17-10+. The van der Waals surface area contributed by atoms with E-state index in [1.165, 1.54) is 25.4 Å². The summed E-state index contributed by atoms with van der Waals surface area (Å²) in [7, 11) is 4.42. The van der Waals surface area contributed by atoms with Crippen molar-refractivity contribution >= 4 is 5.97 Å². The number of hydrogen-bond acceptors (Lipinski definition) is 6. The smallest absolute Gasteiger partial charge is 0.338 e. The average molecular weight is 392 g/mol. The van der Waals surface area contributed by atoms with Gasteiger partial charge in [-0.3, -0.25) is 0 Å². The Balaban J connectivity index is 3.19. The molecule has 0 aromatic heterocycles. The summed E-state index contributed by atoms with van der Waals surface area (Å²) < 4.78 is 26.1. The van der Waals surface area contributed by atoms with E-state index in [1.54, 1.807) is 19.2 Å². The van der Waals surface area contributed by atoms with Crippen molar-refractivity contribution in [2.24, 2.45) is 0 Å². The quantitative estimate of drug-likeness (QED) is 0.292. The number of hydrogen-bond donors (Lipinski definition) is 0. The van der Waals surface area contributed by atoms with Crippen molar-refractivity contribution in [2.45, 2.75) is 40.0 Å². The number of carbonyl (C=O) groups excluding carboxylic acids is 1. The summed E-state index contributed by atoms with van der Waals surface area (Å²) in [4.78, 5) is 12.4. The molecule has 0 amide bonds. The lowest BCUT2D eigenvalue weighted by atomic mass is 10.00. The van der Waals surface area contributed by atoms with E-state index in [2.05, 4.69) is 32.9 Å². The highest BCUT2D eigenvalue weighted by atomic mass is 16.7. The molecule has 28 heavy (non-hydrogen) atoms. The van der Waals surface area contributed by atoms with Crippen LogP contribution in [0.4, 0.5) is 0 Å². The molecule has 1 rings (SSSR count). The molecule has 0 aliphatic carbocycles. The number of benzene rings is 1. The average Bonchev–Trinajstić information content (AvgIpc) is 2.68. The topological polar surface area (TPSA) is 63.2 Å². The molecule has 0 saturated carbocycles. The third-order valence-corrected chi connectivity index (χ3v) is 4.01. The van der Waals surface area contributed by atoms with Crippen LogP contribution in [-0.4, -0.2) is 40.9 Å². The molecule has 156 valence electrons. The second-order valence-corrected chi connectivity index (χ2v) is 6.62. The maximum atomic E-state index is 12.4.